The summed E-state index contributed by atoms with van der Waals surface area (Å²) in [4.78, 5) is 15.5. The van der Waals surface area contributed by atoms with Gasteiger partial charge in [-0.1, -0.05) is 5.16 Å². The molecular formula is C11H15N5O2S. The maximum absolute atomic E-state index is 11.6. The number of rotatable bonds is 6. The molecule has 8 heteroatoms. The van der Waals surface area contributed by atoms with Gasteiger partial charge >= 0.3 is 0 Å². The third-order valence-corrected chi connectivity index (χ3v) is 3.54. The molecule has 0 fully saturated rings. The molecule has 0 aliphatic carbocycles. The van der Waals surface area contributed by atoms with Gasteiger partial charge in [-0.2, -0.15) is 5.10 Å². The summed E-state index contributed by atoms with van der Waals surface area (Å²) in [7, 11) is 0. The third-order valence-electron chi connectivity index (χ3n) is 2.58. The molecule has 2 heterocycles. The number of nitrogens with one attached hydrogen (secondary N) is 2. The molecule has 2 aromatic heterocycles. The number of nitrogens with zero attached hydrogens (tertiary/aromatic N) is 3. The first-order valence-corrected chi connectivity index (χ1v) is 6.92. The molecule has 7 nitrogen and oxygen atoms in total. The van der Waals surface area contributed by atoms with Gasteiger partial charge in [0.15, 0.2) is 0 Å². The van der Waals surface area contributed by atoms with Crippen molar-refractivity contribution in [1.29, 1.82) is 0 Å². The molecule has 19 heavy (non-hydrogen) atoms. The number of amides is 1. The minimum atomic E-state index is -0.0341. The van der Waals surface area contributed by atoms with Crippen LogP contribution in [-0.2, 0) is 17.1 Å². The summed E-state index contributed by atoms with van der Waals surface area (Å²) in [5, 5.41) is 13.0. The van der Waals surface area contributed by atoms with Crippen LogP contribution in [0.15, 0.2) is 10.9 Å². The average molecular weight is 281 g/mol. The monoisotopic (exact) mass is 281 g/mol. The van der Waals surface area contributed by atoms with E-state index in [-0.39, 0.29) is 5.91 Å². The van der Waals surface area contributed by atoms with Crippen molar-refractivity contribution in [3.8, 4) is 0 Å². The lowest BCUT2D eigenvalue weighted by Crippen LogP contribution is -2.25. The van der Waals surface area contributed by atoms with Crippen molar-refractivity contribution in [1.82, 2.24) is 25.7 Å². The van der Waals surface area contributed by atoms with E-state index in [9.17, 15) is 4.79 Å². The highest BCUT2D eigenvalue weighted by Crippen LogP contribution is 2.19. The molecule has 2 rings (SSSR count). The molecule has 0 bridgehead atoms. The van der Waals surface area contributed by atoms with E-state index < -0.39 is 0 Å². The van der Waals surface area contributed by atoms with Gasteiger partial charge in [-0.05, 0) is 13.8 Å². The first kappa shape index (κ1) is 13.6. The zero-order valence-electron chi connectivity index (χ0n) is 10.8. The number of H-pyrrole nitrogens is 1. The van der Waals surface area contributed by atoms with Gasteiger partial charge in [0.2, 0.25) is 5.91 Å². The van der Waals surface area contributed by atoms with Gasteiger partial charge in [-0.25, -0.2) is 4.98 Å². The summed E-state index contributed by atoms with van der Waals surface area (Å²) in [5.74, 6) is 2.53. The number of carbonyl (C=O) groups excluding carboxylic acids is 1. The Morgan fingerprint density at radius 3 is 3.00 bits per heavy atom. The zero-order valence-corrected chi connectivity index (χ0v) is 11.6. The summed E-state index contributed by atoms with van der Waals surface area (Å²) >= 11 is 1.53. The second kappa shape index (κ2) is 6.37. The number of aromatic nitrogens is 4. The summed E-state index contributed by atoms with van der Waals surface area (Å²) < 4.78 is 5.07. The molecule has 0 atom stereocenters. The molecule has 2 aromatic rings. The normalized spacial score (nSPS) is 10.6. The number of hydrogen-bond donors (Lipinski definition) is 2. The fourth-order valence-electron chi connectivity index (χ4n) is 1.50. The first-order chi connectivity index (χ1) is 9.16. The van der Waals surface area contributed by atoms with Crippen molar-refractivity contribution in [2.75, 3.05) is 5.75 Å². The molecule has 0 spiro atoms. The Kier molecular flexibility index (Phi) is 4.56. The minimum Gasteiger partial charge on any atom is -0.361 e. The minimum absolute atomic E-state index is 0.0341. The fourth-order valence-corrected chi connectivity index (χ4v) is 2.51. The Hall–Kier alpha value is -1.83. The number of aryl methyl sites for hydroxylation is 2. The number of hydrogen-bond acceptors (Lipinski definition) is 6. The second-order valence-electron chi connectivity index (χ2n) is 4.00. The van der Waals surface area contributed by atoms with E-state index in [1.807, 2.05) is 13.8 Å². The predicted octanol–water partition coefficient (Wildman–Crippen LogP) is 0.959. The van der Waals surface area contributed by atoms with E-state index in [0.717, 1.165) is 22.8 Å². The molecule has 0 unspecified atom stereocenters. The van der Waals surface area contributed by atoms with E-state index >= 15 is 0 Å². The zero-order chi connectivity index (χ0) is 13.7. The maximum atomic E-state index is 11.6. The van der Waals surface area contributed by atoms with Crippen molar-refractivity contribution in [3.05, 3.63) is 29.2 Å². The van der Waals surface area contributed by atoms with Crippen LogP contribution in [0.1, 0.15) is 22.8 Å². The Morgan fingerprint density at radius 1 is 1.53 bits per heavy atom. The average Bonchev–Trinajstić information content (AvgIpc) is 3.00. The largest absolute Gasteiger partial charge is 0.361 e. The lowest BCUT2D eigenvalue weighted by molar-refractivity contribution is -0.118. The number of aromatic amines is 1. The molecule has 0 saturated heterocycles. The van der Waals surface area contributed by atoms with E-state index in [4.69, 9.17) is 4.52 Å². The van der Waals surface area contributed by atoms with Gasteiger partial charge in [-0.15, -0.1) is 11.8 Å². The Morgan fingerprint density at radius 2 is 2.37 bits per heavy atom. The topological polar surface area (TPSA) is 96.7 Å². The smallest absolute Gasteiger partial charge is 0.230 e. The van der Waals surface area contributed by atoms with Crippen molar-refractivity contribution >= 4 is 17.7 Å². The van der Waals surface area contributed by atoms with Gasteiger partial charge in [0, 0.05) is 11.3 Å². The predicted molar refractivity (Wildman–Crippen MR) is 70.4 cm³/mol. The van der Waals surface area contributed by atoms with Crippen LogP contribution in [0.2, 0.25) is 0 Å². The van der Waals surface area contributed by atoms with Crippen LogP contribution >= 0.6 is 11.8 Å². The lowest BCUT2D eigenvalue weighted by atomic mass is 10.2. The SMILES string of the molecule is Cc1noc(C)c1CSCC(=O)NCc1ncn[nH]1. The quantitative estimate of drug-likeness (QED) is 0.818. The standard InChI is InChI=1S/C11H15N5O2S/c1-7-9(8(2)18-16-7)4-19-5-11(17)12-3-10-13-6-14-15-10/h6H,3-5H2,1-2H3,(H,12,17)(H,13,14,15). The molecule has 1 amide bonds. The molecule has 0 aliphatic heterocycles. The summed E-state index contributed by atoms with van der Waals surface area (Å²) in [6.45, 7) is 4.14. The highest BCUT2D eigenvalue weighted by atomic mass is 32.2. The van der Waals surface area contributed by atoms with Crippen LogP contribution in [0.25, 0.3) is 0 Å². The van der Waals surface area contributed by atoms with Crippen LogP contribution < -0.4 is 5.32 Å². The van der Waals surface area contributed by atoms with Crippen molar-refractivity contribution in [2.24, 2.45) is 0 Å². The highest BCUT2D eigenvalue weighted by Gasteiger charge is 2.10. The van der Waals surface area contributed by atoms with Gasteiger partial charge < -0.3 is 9.84 Å². The fraction of sp³-hybridized carbons (Fsp3) is 0.455. The molecule has 0 aromatic carbocycles. The van der Waals surface area contributed by atoms with Crippen molar-refractivity contribution < 1.29 is 9.32 Å². The molecule has 2 N–H and O–H groups in total. The van der Waals surface area contributed by atoms with Crippen LogP contribution in [0.5, 0.6) is 0 Å². The first-order valence-electron chi connectivity index (χ1n) is 5.77. The van der Waals surface area contributed by atoms with Gasteiger partial charge in [0.1, 0.15) is 17.9 Å². The van der Waals surface area contributed by atoms with Crippen LogP contribution in [0, 0.1) is 13.8 Å². The Labute approximate surface area is 114 Å². The number of thioether (sulfide) groups is 1. The van der Waals surface area contributed by atoms with Crippen molar-refractivity contribution in [3.63, 3.8) is 0 Å². The molecular weight excluding hydrogens is 266 g/mol. The number of carbonyl (C=O) groups is 1. The highest BCUT2D eigenvalue weighted by molar-refractivity contribution is 7.99. The summed E-state index contributed by atoms with van der Waals surface area (Å²) in [6.07, 6.45) is 1.41. The maximum Gasteiger partial charge on any atom is 0.230 e. The lowest BCUT2D eigenvalue weighted by Gasteiger charge is -2.03. The van der Waals surface area contributed by atoms with Crippen LogP contribution in [0.4, 0.5) is 0 Å². The van der Waals surface area contributed by atoms with Gasteiger partial charge in [0.05, 0.1) is 18.0 Å². The Balaban J connectivity index is 1.69. The van der Waals surface area contributed by atoms with Gasteiger partial charge in [-0.3, -0.25) is 9.89 Å². The van der Waals surface area contributed by atoms with E-state index in [1.165, 1.54) is 18.1 Å². The Bertz CT molecular complexity index is 518. The van der Waals surface area contributed by atoms with Crippen LogP contribution in [0.3, 0.4) is 0 Å². The van der Waals surface area contributed by atoms with E-state index in [0.29, 0.717) is 18.1 Å². The summed E-state index contributed by atoms with van der Waals surface area (Å²) in [6, 6.07) is 0. The molecule has 0 radical (unpaired) electrons. The van der Waals surface area contributed by atoms with Gasteiger partial charge in [0.25, 0.3) is 0 Å². The van der Waals surface area contributed by atoms with Crippen molar-refractivity contribution in [2.45, 2.75) is 26.1 Å². The summed E-state index contributed by atoms with van der Waals surface area (Å²) in [5.41, 5.74) is 1.94. The van der Waals surface area contributed by atoms with Crippen LogP contribution in [-0.4, -0.2) is 32.0 Å². The van der Waals surface area contributed by atoms with E-state index in [1.54, 1.807) is 0 Å². The molecule has 102 valence electrons. The third kappa shape index (κ3) is 3.82. The molecule has 0 saturated carbocycles. The molecule has 0 aliphatic rings. The van der Waals surface area contributed by atoms with E-state index in [2.05, 4.69) is 25.7 Å². The second-order valence-corrected chi connectivity index (χ2v) is 4.99.